The summed E-state index contributed by atoms with van der Waals surface area (Å²) < 4.78 is 0. The van der Waals surface area contributed by atoms with Crippen molar-refractivity contribution in [3.63, 3.8) is 0 Å². The molecule has 2 rings (SSSR count). The molecule has 0 aliphatic rings. The number of anilines is 2. The van der Waals surface area contributed by atoms with E-state index in [9.17, 15) is 15.0 Å². The van der Waals surface area contributed by atoms with Gasteiger partial charge in [0.1, 0.15) is 17.1 Å². The number of hydrogen-bond acceptors (Lipinski definition) is 5. The summed E-state index contributed by atoms with van der Waals surface area (Å²) in [5.74, 6) is -0.118. The highest BCUT2D eigenvalue weighted by atomic mass is 16.4. The minimum absolute atomic E-state index is 0.118. The Bertz CT molecular complexity index is 759. The maximum Gasteiger partial charge on any atom is 0.412 e. The van der Waals surface area contributed by atoms with E-state index in [0.29, 0.717) is 28.6 Å². The topological polar surface area (TPSA) is 100 Å². The van der Waals surface area contributed by atoms with Crippen molar-refractivity contribution in [1.82, 2.24) is 0 Å². The average Bonchev–Trinajstić information content (AvgIpc) is 2.52. The smallest absolute Gasteiger partial charge is 0.412 e. The van der Waals surface area contributed by atoms with Crippen LogP contribution in [0.25, 0.3) is 10.8 Å². The first-order chi connectivity index (χ1) is 10.9. The summed E-state index contributed by atoms with van der Waals surface area (Å²) in [7, 11) is 3.46. The summed E-state index contributed by atoms with van der Waals surface area (Å²) in [6.07, 6.45) is -0.560. The monoisotopic (exact) mass is 316 g/mol. The van der Waals surface area contributed by atoms with Crippen molar-refractivity contribution >= 4 is 33.9 Å². The van der Waals surface area contributed by atoms with Crippen LogP contribution < -0.4 is 9.80 Å². The van der Waals surface area contributed by atoms with Crippen molar-refractivity contribution in [2.45, 2.75) is 13.3 Å². The zero-order chi connectivity index (χ0) is 17.1. The third-order valence-corrected chi connectivity index (χ3v) is 3.62. The summed E-state index contributed by atoms with van der Waals surface area (Å²) in [5.41, 5.74) is 8.43. The van der Waals surface area contributed by atoms with E-state index in [-0.39, 0.29) is 18.0 Å². The van der Waals surface area contributed by atoms with E-state index in [0.717, 1.165) is 4.90 Å². The summed E-state index contributed by atoms with van der Waals surface area (Å²) in [6.45, 7) is 2.10. The van der Waals surface area contributed by atoms with Gasteiger partial charge in [0, 0.05) is 31.4 Å². The molecule has 0 fully saturated rings. The van der Waals surface area contributed by atoms with Gasteiger partial charge < -0.3 is 15.1 Å². The molecule has 0 saturated carbocycles. The molecule has 2 aromatic rings. The van der Waals surface area contributed by atoms with Crippen LogP contribution in [0, 0.1) is 5.53 Å². The van der Waals surface area contributed by atoms with E-state index in [1.54, 1.807) is 43.3 Å². The number of carbonyl (C=O) groups is 1. The number of phenolic OH excluding ortho intramolecular Hbond substituents is 1. The molecular weight excluding hydrogens is 296 g/mol. The van der Waals surface area contributed by atoms with E-state index in [4.69, 9.17) is 5.53 Å². The lowest BCUT2D eigenvalue weighted by molar-refractivity contribution is 0.201. The van der Waals surface area contributed by atoms with Crippen LogP contribution in [0.15, 0.2) is 29.4 Å². The van der Waals surface area contributed by atoms with Gasteiger partial charge in [-0.15, -0.1) is 0 Å². The maximum atomic E-state index is 11.7. The second-order valence-corrected chi connectivity index (χ2v) is 5.38. The van der Waals surface area contributed by atoms with E-state index in [1.165, 1.54) is 0 Å². The van der Waals surface area contributed by atoms with Crippen LogP contribution in [-0.2, 0) is 0 Å². The Morgan fingerprint density at radius 3 is 2.30 bits per heavy atom. The Morgan fingerprint density at radius 1 is 1.22 bits per heavy atom. The SMILES string of the molecule is CCCN(C(=O)O)c1c(N(C)C)c(N=N)c2ccccc2c1O. The Hall–Kier alpha value is -2.83. The van der Waals surface area contributed by atoms with Gasteiger partial charge in [0.05, 0.1) is 5.69 Å². The lowest BCUT2D eigenvalue weighted by Crippen LogP contribution is -2.31. The van der Waals surface area contributed by atoms with Crippen molar-refractivity contribution in [2.24, 2.45) is 5.11 Å². The van der Waals surface area contributed by atoms with Crippen LogP contribution in [0.1, 0.15) is 13.3 Å². The Balaban J connectivity index is 2.96. The van der Waals surface area contributed by atoms with Crippen molar-refractivity contribution in [3.05, 3.63) is 24.3 Å². The minimum atomic E-state index is -1.16. The number of carboxylic acid groups (broad SMARTS) is 1. The molecule has 7 nitrogen and oxygen atoms in total. The number of fused-ring (bicyclic) bond motifs is 1. The highest BCUT2D eigenvalue weighted by Crippen LogP contribution is 2.50. The molecule has 0 atom stereocenters. The first-order valence-electron chi connectivity index (χ1n) is 7.26. The molecule has 0 aliphatic carbocycles. The zero-order valence-electron chi connectivity index (χ0n) is 13.4. The molecule has 0 bridgehead atoms. The molecule has 0 radical (unpaired) electrons. The van der Waals surface area contributed by atoms with Crippen LogP contribution in [0.4, 0.5) is 21.9 Å². The van der Waals surface area contributed by atoms with Crippen molar-refractivity contribution < 1.29 is 15.0 Å². The van der Waals surface area contributed by atoms with Crippen molar-refractivity contribution in [1.29, 1.82) is 5.53 Å². The third kappa shape index (κ3) is 2.77. The normalized spacial score (nSPS) is 10.6. The van der Waals surface area contributed by atoms with Gasteiger partial charge in [-0.05, 0) is 6.42 Å². The van der Waals surface area contributed by atoms with Crippen molar-refractivity contribution in [2.75, 3.05) is 30.4 Å². The van der Waals surface area contributed by atoms with Gasteiger partial charge in [-0.3, -0.25) is 4.90 Å². The number of amides is 1. The molecule has 0 aliphatic heterocycles. The Kier molecular flexibility index (Phi) is 4.68. The lowest BCUT2D eigenvalue weighted by Gasteiger charge is -2.28. The predicted molar refractivity (Wildman–Crippen MR) is 90.4 cm³/mol. The fraction of sp³-hybridized carbons (Fsp3) is 0.312. The van der Waals surface area contributed by atoms with E-state index in [2.05, 4.69) is 5.11 Å². The van der Waals surface area contributed by atoms with Gasteiger partial charge in [0.15, 0.2) is 0 Å². The first-order valence-corrected chi connectivity index (χ1v) is 7.26. The Labute approximate surface area is 134 Å². The van der Waals surface area contributed by atoms with E-state index >= 15 is 0 Å². The van der Waals surface area contributed by atoms with Crippen LogP contribution in [0.2, 0.25) is 0 Å². The second-order valence-electron chi connectivity index (χ2n) is 5.38. The average molecular weight is 316 g/mol. The van der Waals surface area contributed by atoms with Crippen molar-refractivity contribution in [3.8, 4) is 5.75 Å². The Morgan fingerprint density at radius 2 is 1.83 bits per heavy atom. The quantitative estimate of drug-likeness (QED) is 0.721. The van der Waals surface area contributed by atoms with Crippen LogP contribution in [-0.4, -0.2) is 36.9 Å². The molecule has 3 N–H and O–H groups in total. The molecule has 1 amide bonds. The summed E-state index contributed by atoms with van der Waals surface area (Å²) >= 11 is 0. The van der Waals surface area contributed by atoms with E-state index < -0.39 is 6.09 Å². The van der Waals surface area contributed by atoms with Gasteiger partial charge in [-0.2, -0.15) is 5.11 Å². The molecule has 0 spiro atoms. The maximum absolute atomic E-state index is 11.7. The number of phenols is 1. The van der Waals surface area contributed by atoms with Crippen LogP contribution >= 0.6 is 0 Å². The molecule has 0 unspecified atom stereocenters. The highest BCUT2D eigenvalue weighted by Gasteiger charge is 2.27. The van der Waals surface area contributed by atoms with E-state index in [1.807, 2.05) is 6.92 Å². The highest BCUT2D eigenvalue weighted by molar-refractivity contribution is 6.11. The first kappa shape index (κ1) is 16.5. The second kappa shape index (κ2) is 6.51. The number of nitrogens with one attached hydrogen (secondary N) is 1. The number of hydrogen-bond donors (Lipinski definition) is 3. The molecule has 2 aromatic carbocycles. The predicted octanol–water partition coefficient (Wildman–Crippen LogP) is 4.17. The summed E-state index contributed by atoms with van der Waals surface area (Å²) in [5, 5.41) is 24.9. The molecule has 0 aromatic heterocycles. The molecule has 0 saturated heterocycles. The van der Waals surface area contributed by atoms with Gasteiger partial charge in [0.25, 0.3) is 0 Å². The summed E-state index contributed by atoms with van der Waals surface area (Å²) in [4.78, 5) is 14.4. The molecule has 23 heavy (non-hydrogen) atoms. The van der Waals surface area contributed by atoms with Gasteiger partial charge in [-0.1, -0.05) is 31.2 Å². The number of rotatable bonds is 5. The lowest BCUT2D eigenvalue weighted by atomic mass is 10.0. The largest absolute Gasteiger partial charge is 0.505 e. The summed E-state index contributed by atoms with van der Waals surface area (Å²) in [6, 6.07) is 6.98. The number of aromatic hydroxyl groups is 1. The molecule has 7 heteroatoms. The zero-order valence-corrected chi connectivity index (χ0v) is 13.4. The number of nitrogens with zero attached hydrogens (tertiary/aromatic N) is 3. The fourth-order valence-electron chi connectivity index (χ4n) is 2.69. The van der Waals surface area contributed by atoms with Crippen LogP contribution in [0.3, 0.4) is 0 Å². The molecular formula is C16H20N4O3. The molecule has 0 heterocycles. The van der Waals surface area contributed by atoms with Gasteiger partial charge in [0.2, 0.25) is 0 Å². The number of benzene rings is 2. The minimum Gasteiger partial charge on any atom is -0.505 e. The fourth-order valence-corrected chi connectivity index (χ4v) is 2.69. The van der Waals surface area contributed by atoms with Gasteiger partial charge in [-0.25, -0.2) is 10.3 Å². The molecule has 122 valence electrons. The van der Waals surface area contributed by atoms with Crippen LogP contribution in [0.5, 0.6) is 5.75 Å². The third-order valence-electron chi connectivity index (χ3n) is 3.62. The standard InChI is InChI=1S/C16H20N4O3/c1-4-9-20(16(22)23)14-13(19(2)3)12(18-17)10-7-5-6-8-11(10)15(14)21/h5-8,17,21H,4,9H2,1-3H3,(H,22,23). The van der Waals surface area contributed by atoms with Gasteiger partial charge >= 0.3 is 6.09 Å².